The summed E-state index contributed by atoms with van der Waals surface area (Å²) < 4.78 is 36.1. The van der Waals surface area contributed by atoms with Crippen molar-refractivity contribution in [3.63, 3.8) is 0 Å². The Morgan fingerprint density at radius 1 is 1.47 bits per heavy atom. The first-order valence-corrected chi connectivity index (χ1v) is 4.08. The Balaban J connectivity index is 0.00000196. The molecule has 80 valence electrons. The van der Waals surface area contributed by atoms with E-state index in [1.54, 1.807) is 0 Å². The van der Waals surface area contributed by atoms with Crippen molar-refractivity contribution >= 4 is 18.8 Å². The molecule has 1 atom stereocenters. The minimum Gasteiger partial charge on any atom is -0.448 e. The van der Waals surface area contributed by atoms with Gasteiger partial charge in [-0.05, 0) is 13.4 Å². The molecular weight excluding hydrogens is 239 g/mol. The summed E-state index contributed by atoms with van der Waals surface area (Å²) in [7, 11) is 0. The molecule has 1 heterocycles. The normalized spacial score (nSPS) is 23.3. The van der Waals surface area contributed by atoms with Crippen LogP contribution in [0.5, 0.6) is 0 Å². The second kappa shape index (κ2) is 5.78. The van der Waals surface area contributed by atoms with Crippen molar-refractivity contribution in [2.75, 3.05) is 13.0 Å². The Kier molecular flexibility index (Phi) is 6.01. The van der Waals surface area contributed by atoms with Crippen molar-refractivity contribution in [1.82, 2.24) is 10.2 Å². The fourth-order valence-electron chi connectivity index (χ4n) is 1.26. The number of amides is 2. The van der Waals surface area contributed by atoms with Crippen molar-refractivity contribution < 1.29 is 73.9 Å². The van der Waals surface area contributed by atoms with E-state index in [1.807, 2.05) is 5.32 Å². The van der Waals surface area contributed by atoms with Gasteiger partial charge in [0.2, 0.25) is 11.8 Å². The van der Waals surface area contributed by atoms with Gasteiger partial charge in [0.05, 0.1) is 12.6 Å². The molecule has 4 nitrogen and oxygen atoms in total. The third kappa shape index (κ3) is 4.96. The van der Waals surface area contributed by atoms with E-state index in [2.05, 4.69) is 0 Å². The second-order valence-electron chi connectivity index (χ2n) is 3.23. The molecule has 1 unspecified atom stereocenters. The molecule has 9 heteroatoms. The zero-order chi connectivity index (χ0) is 10.9. The van der Waals surface area contributed by atoms with Gasteiger partial charge in [-0.25, -0.2) is 0 Å². The summed E-state index contributed by atoms with van der Waals surface area (Å²) in [6, 6.07) is -0.906. The predicted molar refractivity (Wildman–Crippen MR) is 43.3 cm³/mol. The van der Waals surface area contributed by atoms with Crippen LogP contribution in [-0.4, -0.2) is 42.7 Å². The molecule has 1 aliphatic rings. The van der Waals surface area contributed by atoms with E-state index >= 15 is 0 Å². The van der Waals surface area contributed by atoms with Gasteiger partial charge in [-0.15, -0.1) is 0 Å². The Hall–Kier alpha value is 0.591. The summed E-state index contributed by atoms with van der Waals surface area (Å²) >= 11 is 0. The fourth-order valence-corrected chi connectivity index (χ4v) is 1.26. The fraction of sp³-hybridized carbons (Fsp3) is 0.667. The topological polar surface area (TPSA) is 49.4 Å². The Labute approximate surface area is 127 Å². The third-order valence-corrected chi connectivity index (χ3v) is 1.98. The molecule has 0 saturated carbocycles. The molecule has 0 aliphatic carbocycles. The molecule has 1 rings (SSSR count). The number of nitrogens with zero attached hydrogens (tertiary/aromatic N) is 1. The maximum Gasteiger partial charge on any atom is 1.00 e. The number of halogens is 3. The van der Waals surface area contributed by atoms with Gasteiger partial charge in [0, 0.05) is 0 Å². The van der Waals surface area contributed by atoms with Gasteiger partial charge in [0.25, 0.3) is 0 Å². The summed E-state index contributed by atoms with van der Waals surface area (Å²) in [4.78, 5) is 22.6. The molecule has 0 aromatic rings. The average Bonchev–Trinajstić information content (AvgIpc) is 1.96. The number of rotatable bonds is 2. The molecular formula is C6H9BF3KN2O2. The molecule has 1 fully saturated rings. The van der Waals surface area contributed by atoms with E-state index in [1.165, 1.54) is 6.92 Å². The maximum absolute atomic E-state index is 12.0. The van der Waals surface area contributed by atoms with Crippen molar-refractivity contribution in [2.24, 2.45) is 0 Å². The van der Waals surface area contributed by atoms with Crippen LogP contribution in [0.1, 0.15) is 6.92 Å². The maximum atomic E-state index is 12.0. The van der Waals surface area contributed by atoms with Crippen LogP contribution in [0.2, 0.25) is 0 Å². The first-order valence-electron chi connectivity index (χ1n) is 4.08. The Morgan fingerprint density at radius 3 is 2.47 bits per heavy atom. The van der Waals surface area contributed by atoms with E-state index in [-0.39, 0.29) is 57.9 Å². The van der Waals surface area contributed by atoms with E-state index in [9.17, 15) is 22.5 Å². The first kappa shape index (κ1) is 15.6. The van der Waals surface area contributed by atoms with Crippen molar-refractivity contribution in [1.29, 1.82) is 0 Å². The number of carbonyl (C=O) groups is 2. The molecule has 15 heavy (non-hydrogen) atoms. The van der Waals surface area contributed by atoms with Crippen molar-refractivity contribution in [3.05, 3.63) is 0 Å². The first-order chi connectivity index (χ1) is 6.29. The number of nitrogens with one attached hydrogen (secondary N) is 1. The van der Waals surface area contributed by atoms with Gasteiger partial charge in [0.1, 0.15) is 0 Å². The number of imide groups is 1. The van der Waals surface area contributed by atoms with E-state index in [0.717, 1.165) is 4.90 Å². The van der Waals surface area contributed by atoms with Gasteiger partial charge in [-0.1, -0.05) is 0 Å². The van der Waals surface area contributed by atoms with Crippen LogP contribution in [0, 0.1) is 0 Å². The smallest absolute Gasteiger partial charge is 0.448 e. The van der Waals surface area contributed by atoms with Crippen molar-refractivity contribution in [3.8, 4) is 0 Å². The van der Waals surface area contributed by atoms with Crippen LogP contribution in [0.3, 0.4) is 0 Å². The molecule has 1 aliphatic heterocycles. The van der Waals surface area contributed by atoms with E-state index in [4.69, 9.17) is 0 Å². The second-order valence-corrected chi connectivity index (χ2v) is 3.23. The van der Waals surface area contributed by atoms with Crippen LogP contribution in [0.15, 0.2) is 0 Å². The summed E-state index contributed by atoms with van der Waals surface area (Å²) in [6.07, 6.45) is -1.18. The zero-order valence-electron chi connectivity index (χ0n) is 8.47. The largest absolute Gasteiger partial charge is 1.00 e. The average molecular weight is 248 g/mol. The summed E-state index contributed by atoms with van der Waals surface area (Å²) in [6.45, 7) is -4.05. The zero-order valence-corrected chi connectivity index (χ0v) is 11.6. The van der Waals surface area contributed by atoms with Crippen LogP contribution in [0.25, 0.3) is 0 Å². The standard InChI is InChI=1S/C6H9BF3N2O2.K/c1-4-6(14)11-5(13)2-12(4)3-7(8,9)10;/h4H,2-3H2,1H3,(H,11,13,14);/q-1;+1. The quantitative estimate of drug-likeness (QED) is 0.412. The van der Waals surface area contributed by atoms with Crippen LogP contribution in [0.4, 0.5) is 12.9 Å². The molecule has 1 saturated heterocycles. The minimum atomic E-state index is -5.01. The molecule has 0 aromatic carbocycles. The molecule has 2 amide bonds. The molecule has 1 N–H and O–H groups in total. The van der Waals surface area contributed by atoms with E-state index in [0.29, 0.717) is 0 Å². The third-order valence-electron chi connectivity index (χ3n) is 1.98. The molecule has 0 spiro atoms. The number of hydrogen-bond donors (Lipinski definition) is 1. The molecule has 0 aromatic heterocycles. The van der Waals surface area contributed by atoms with Crippen LogP contribution < -0.4 is 56.7 Å². The SMILES string of the molecule is CC1C(=O)NC(=O)CN1C[B-](F)(F)F.[K+]. The Morgan fingerprint density at radius 2 is 2.00 bits per heavy atom. The number of hydrogen-bond acceptors (Lipinski definition) is 3. The molecule has 0 bridgehead atoms. The Bertz CT molecular complexity index is 274. The van der Waals surface area contributed by atoms with Crippen LogP contribution >= 0.6 is 0 Å². The summed E-state index contributed by atoms with van der Waals surface area (Å²) in [5, 5.41) is 1.96. The predicted octanol–water partition coefficient (Wildman–Crippen LogP) is -3.28. The number of carbonyl (C=O) groups excluding carboxylic acids is 2. The summed E-state index contributed by atoms with van der Waals surface area (Å²) in [5.74, 6) is -1.37. The number of piperazine rings is 1. The van der Waals surface area contributed by atoms with Gasteiger partial charge < -0.3 is 17.8 Å². The van der Waals surface area contributed by atoms with Crippen LogP contribution in [-0.2, 0) is 9.59 Å². The molecule has 0 radical (unpaired) electrons. The van der Waals surface area contributed by atoms with Gasteiger partial charge in [-0.2, -0.15) is 0 Å². The minimum absolute atomic E-state index is 0. The van der Waals surface area contributed by atoms with E-state index < -0.39 is 31.3 Å². The monoisotopic (exact) mass is 248 g/mol. The van der Waals surface area contributed by atoms with Gasteiger partial charge in [-0.3, -0.25) is 14.9 Å². The summed E-state index contributed by atoms with van der Waals surface area (Å²) in [5.41, 5.74) is 0. The van der Waals surface area contributed by atoms with Crippen molar-refractivity contribution in [2.45, 2.75) is 13.0 Å². The van der Waals surface area contributed by atoms with Gasteiger partial charge in [0.15, 0.2) is 0 Å². The van der Waals surface area contributed by atoms with Gasteiger partial charge >= 0.3 is 58.4 Å².